The van der Waals surface area contributed by atoms with Gasteiger partial charge in [0.2, 0.25) is 0 Å². The third-order valence-electron chi connectivity index (χ3n) is 1.65. The fourth-order valence-corrected chi connectivity index (χ4v) is 1.06. The van der Waals surface area contributed by atoms with E-state index in [-0.39, 0.29) is 12.4 Å². The van der Waals surface area contributed by atoms with Crippen molar-refractivity contribution in [1.82, 2.24) is 10.2 Å². The minimum absolute atomic E-state index is 0.0999. The number of hydrogen-bond donors (Lipinski definition) is 2. The summed E-state index contributed by atoms with van der Waals surface area (Å²) in [7, 11) is 2.95. The van der Waals surface area contributed by atoms with Crippen molar-refractivity contribution in [3.8, 4) is 0 Å². The first-order chi connectivity index (χ1) is 8.47. The number of ether oxygens (including phenoxy) is 2. The summed E-state index contributed by atoms with van der Waals surface area (Å²) in [5.74, 6) is -0.374. The van der Waals surface area contributed by atoms with E-state index < -0.39 is 17.2 Å². The Balaban J connectivity index is 0. The summed E-state index contributed by atoms with van der Waals surface area (Å²) in [6, 6.07) is 0. The van der Waals surface area contributed by atoms with Gasteiger partial charge in [-0.2, -0.15) is 0 Å². The monoisotopic (exact) mass is 296 g/mol. The molecule has 6 nitrogen and oxygen atoms in total. The third kappa shape index (κ3) is 14.9. The molecule has 0 atom stereocenters. The minimum atomic E-state index is -0.685. The van der Waals surface area contributed by atoms with E-state index in [2.05, 4.69) is 14.9 Å². The highest BCUT2D eigenvalue weighted by Gasteiger charge is 2.27. The van der Waals surface area contributed by atoms with Crippen molar-refractivity contribution in [2.75, 3.05) is 14.2 Å². The van der Waals surface area contributed by atoms with Gasteiger partial charge in [0.25, 0.3) is 0 Å². The van der Waals surface area contributed by atoms with Crippen molar-refractivity contribution in [1.29, 1.82) is 0 Å². The van der Waals surface area contributed by atoms with Gasteiger partial charge in [0, 0.05) is 5.54 Å². The van der Waals surface area contributed by atoms with Crippen LogP contribution in [0.5, 0.6) is 0 Å². The molecule has 7 heteroatoms. The summed E-state index contributed by atoms with van der Waals surface area (Å²) in [6.45, 7) is 8.79. The molecule has 2 N–H and O–H groups in total. The normalized spacial score (nSPS) is 10.9. The number of nitrogens with one attached hydrogen (secondary N) is 2. The van der Waals surface area contributed by atoms with Crippen LogP contribution in [0, 0.1) is 0 Å². The number of alkyl carbamates (subject to hydrolysis) is 1. The molecule has 0 rings (SSSR count). The van der Waals surface area contributed by atoms with Crippen LogP contribution in [0.15, 0.2) is 0 Å². The number of carbonyl (C=O) groups is 2. The van der Waals surface area contributed by atoms with Crippen molar-refractivity contribution in [3.05, 3.63) is 0 Å². The maximum absolute atomic E-state index is 11.5. The number of carbonyl (C=O) groups excluding carboxylic acids is 2. The molecule has 0 radical (unpaired) electrons. The summed E-state index contributed by atoms with van der Waals surface area (Å²) >= 11 is 4.75. The van der Waals surface area contributed by atoms with E-state index in [0.717, 1.165) is 0 Å². The number of esters is 1. The van der Waals surface area contributed by atoms with E-state index in [4.69, 9.17) is 16.5 Å². The zero-order chi connectivity index (χ0) is 15.7. The lowest BCUT2D eigenvalue weighted by atomic mass is 10.0. The van der Waals surface area contributed by atoms with Crippen LogP contribution < -0.4 is 10.2 Å². The quantitative estimate of drug-likeness (QED) is 0.617. The molecule has 0 aliphatic carbocycles. The topological polar surface area (TPSA) is 76.7 Å². The fourth-order valence-electron chi connectivity index (χ4n) is 1.06. The van der Waals surface area contributed by atoms with E-state index >= 15 is 0 Å². The van der Waals surface area contributed by atoms with Gasteiger partial charge in [-0.3, -0.25) is 4.79 Å². The Hall–Kier alpha value is -1.01. The Morgan fingerprint density at radius 3 is 1.89 bits per heavy atom. The molecule has 0 aliphatic rings. The van der Waals surface area contributed by atoms with E-state index in [1.54, 1.807) is 41.7 Å². The van der Waals surface area contributed by atoms with Crippen LogP contribution >= 0.6 is 11.8 Å². The summed E-state index contributed by atoms with van der Waals surface area (Å²) in [5.41, 5.74) is -1.24. The molecule has 1 amide bonds. The molecule has 0 spiro atoms. The first-order valence-electron chi connectivity index (χ1n) is 5.82. The molecule has 0 aromatic rings. The lowest BCUT2D eigenvalue weighted by Crippen LogP contribution is -2.47. The molecular formula is C12H25ClN2O4. The summed E-state index contributed by atoms with van der Waals surface area (Å²) < 4.78 is 9.62. The maximum Gasteiger partial charge on any atom is 0.408 e. The van der Waals surface area contributed by atoms with Gasteiger partial charge >= 0.3 is 12.1 Å². The number of rotatable bonds is 3. The zero-order valence-electron chi connectivity index (χ0n) is 12.7. The van der Waals surface area contributed by atoms with Crippen molar-refractivity contribution in [3.63, 3.8) is 0 Å². The van der Waals surface area contributed by atoms with Crippen LogP contribution in [-0.2, 0) is 14.3 Å². The van der Waals surface area contributed by atoms with Gasteiger partial charge in [0.05, 0.1) is 13.5 Å². The smallest absolute Gasteiger partial charge is 0.408 e. The van der Waals surface area contributed by atoms with Crippen LogP contribution in [0.25, 0.3) is 0 Å². The number of hydrogen-bond acceptors (Lipinski definition) is 5. The highest BCUT2D eigenvalue weighted by Crippen LogP contribution is 2.12. The minimum Gasteiger partial charge on any atom is -0.469 e. The molecule has 114 valence electrons. The fraction of sp³-hybridized carbons (Fsp3) is 0.833. The Bertz CT molecular complexity index is 288. The lowest BCUT2D eigenvalue weighted by Gasteiger charge is -2.27. The largest absolute Gasteiger partial charge is 0.469 e. The average Bonchev–Trinajstić information content (AvgIpc) is 2.13. The highest BCUT2D eigenvalue weighted by atomic mass is 35.5. The second kappa shape index (κ2) is 8.98. The van der Waals surface area contributed by atoms with Crippen LogP contribution in [0.1, 0.15) is 41.0 Å². The van der Waals surface area contributed by atoms with Crippen LogP contribution in [0.3, 0.4) is 0 Å². The van der Waals surface area contributed by atoms with Gasteiger partial charge in [-0.05, 0) is 53.4 Å². The van der Waals surface area contributed by atoms with Crippen LogP contribution in [0.4, 0.5) is 4.79 Å². The Labute approximate surface area is 120 Å². The standard InChI is InChI=1S/C11H21NO4.CH4ClN/c1-10(2,3)16-9(14)12-11(4,5)7-8(13)15-6;1-3-2/h7H2,1-6H3,(H,12,14);3H,1H3. The SMILES string of the molecule is CNCl.COC(=O)CC(C)(C)NC(=O)OC(C)(C)C. The van der Waals surface area contributed by atoms with Crippen molar-refractivity contribution in [2.45, 2.75) is 52.2 Å². The zero-order valence-corrected chi connectivity index (χ0v) is 13.5. The second-order valence-electron chi connectivity index (χ2n) is 5.45. The Morgan fingerprint density at radius 1 is 1.16 bits per heavy atom. The van der Waals surface area contributed by atoms with E-state index in [9.17, 15) is 9.59 Å². The summed E-state index contributed by atoms with van der Waals surface area (Å²) in [4.78, 5) is 24.8. The second-order valence-corrected chi connectivity index (χ2v) is 5.83. The van der Waals surface area contributed by atoms with Crippen molar-refractivity contribution < 1.29 is 19.1 Å². The molecule has 0 bridgehead atoms. The molecule has 0 aromatic carbocycles. The van der Waals surface area contributed by atoms with Crippen LogP contribution in [-0.4, -0.2) is 37.4 Å². The highest BCUT2D eigenvalue weighted by molar-refractivity contribution is 6.13. The van der Waals surface area contributed by atoms with Crippen molar-refractivity contribution >= 4 is 23.8 Å². The lowest BCUT2D eigenvalue weighted by molar-refractivity contribution is -0.141. The van der Waals surface area contributed by atoms with Gasteiger partial charge in [-0.15, -0.1) is 0 Å². The number of methoxy groups -OCH3 is 1. The van der Waals surface area contributed by atoms with E-state index in [1.807, 2.05) is 0 Å². The molecule has 0 aliphatic heterocycles. The van der Waals surface area contributed by atoms with Gasteiger partial charge < -0.3 is 14.8 Å². The predicted molar refractivity (Wildman–Crippen MR) is 75.0 cm³/mol. The van der Waals surface area contributed by atoms with E-state index in [0.29, 0.717) is 0 Å². The third-order valence-corrected chi connectivity index (χ3v) is 1.65. The van der Waals surface area contributed by atoms with Crippen LogP contribution in [0.2, 0.25) is 0 Å². The van der Waals surface area contributed by atoms with Gasteiger partial charge in [0.15, 0.2) is 0 Å². The molecule has 0 fully saturated rings. The van der Waals surface area contributed by atoms with Gasteiger partial charge in [-0.25, -0.2) is 9.63 Å². The maximum atomic E-state index is 11.5. The molecule has 0 aromatic heterocycles. The number of amides is 1. The molecule has 0 saturated carbocycles. The first kappa shape index (κ1) is 20.3. The Kier molecular flexibility index (Phi) is 9.60. The molecule has 0 saturated heterocycles. The molecule has 0 heterocycles. The first-order valence-corrected chi connectivity index (χ1v) is 6.20. The molecule has 19 heavy (non-hydrogen) atoms. The van der Waals surface area contributed by atoms with Crippen molar-refractivity contribution in [2.24, 2.45) is 0 Å². The number of halogens is 1. The summed E-state index contributed by atoms with van der Waals surface area (Å²) in [6.07, 6.45) is -0.440. The Morgan fingerprint density at radius 2 is 1.58 bits per heavy atom. The van der Waals surface area contributed by atoms with Gasteiger partial charge in [-0.1, -0.05) is 0 Å². The molecular weight excluding hydrogens is 272 g/mol. The average molecular weight is 297 g/mol. The predicted octanol–water partition coefficient (Wildman–Crippen LogP) is 2.21. The summed E-state index contributed by atoms with van der Waals surface area (Å²) in [5, 5.41) is 2.62. The molecule has 0 unspecified atom stereocenters. The van der Waals surface area contributed by atoms with E-state index in [1.165, 1.54) is 7.11 Å². The van der Waals surface area contributed by atoms with Gasteiger partial charge in [0.1, 0.15) is 5.60 Å².